The highest BCUT2D eigenvalue weighted by Crippen LogP contribution is 2.29. The van der Waals surface area contributed by atoms with E-state index in [1.165, 1.54) is 15.6 Å². The summed E-state index contributed by atoms with van der Waals surface area (Å²) in [7, 11) is -3.42. The Bertz CT molecular complexity index is 940. The minimum atomic E-state index is -3.42. The molecule has 2 heterocycles. The summed E-state index contributed by atoms with van der Waals surface area (Å²) in [5, 5.41) is 20.6. The molecular formula is C20H28N4O3S2. The van der Waals surface area contributed by atoms with Crippen molar-refractivity contribution in [3.63, 3.8) is 0 Å². The zero-order valence-corrected chi connectivity index (χ0v) is 18.4. The lowest BCUT2D eigenvalue weighted by atomic mass is 10.00. The molecule has 0 saturated carbocycles. The van der Waals surface area contributed by atoms with Gasteiger partial charge in [0.25, 0.3) is 0 Å². The predicted molar refractivity (Wildman–Crippen MR) is 119 cm³/mol. The summed E-state index contributed by atoms with van der Waals surface area (Å²) < 4.78 is 27.1. The molecule has 0 fully saturated rings. The fourth-order valence-corrected chi connectivity index (χ4v) is 5.45. The molecule has 0 saturated heterocycles. The topological polar surface area (TPSA) is 94.0 Å². The summed E-state index contributed by atoms with van der Waals surface area (Å²) >= 11 is 1.52. The van der Waals surface area contributed by atoms with Crippen molar-refractivity contribution in [2.24, 2.45) is 4.99 Å². The molecule has 2 aromatic rings. The van der Waals surface area contributed by atoms with E-state index in [2.05, 4.69) is 15.6 Å². The summed E-state index contributed by atoms with van der Waals surface area (Å²) in [6.07, 6.45) is 0.741. The van der Waals surface area contributed by atoms with Crippen molar-refractivity contribution in [1.29, 1.82) is 0 Å². The molecule has 0 aliphatic carbocycles. The van der Waals surface area contributed by atoms with Crippen molar-refractivity contribution in [1.82, 2.24) is 10.6 Å². The van der Waals surface area contributed by atoms with E-state index < -0.39 is 15.6 Å². The molecule has 3 rings (SSSR count). The fourth-order valence-electron chi connectivity index (χ4n) is 3.24. The van der Waals surface area contributed by atoms with Gasteiger partial charge in [-0.15, -0.1) is 0 Å². The average molecular weight is 437 g/mol. The Hall–Kier alpha value is -2.10. The van der Waals surface area contributed by atoms with Crippen molar-refractivity contribution < 1.29 is 13.5 Å². The second-order valence-electron chi connectivity index (χ2n) is 7.17. The Labute approximate surface area is 176 Å². The molecule has 29 heavy (non-hydrogen) atoms. The second-order valence-corrected chi connectivity index (χ2v) is 9.97. The van der Waals surface area contributed by atoms with E-state index in [9.17, 15) is 13.5 Å². The average Bonchev–Trinajstić information content (AvgIpc) is 3.36. The van der Waals surface area contributed by atoms with E-state index >= 15 is 0 Å². The Kier molecular flexibility index (Phi) is 6.81. The van der Waals surface area contributed by atoms with Crippen LogP contribution in [0.1, 0.15) is 25.0 Å². The number of para-hydroxylation sites is 1. The molecule has 1 aliphatic rings. The molecule has 3 N–H and O–H groups in total. The van der Waals surface area contributed by atoms with E-state index in [-0.39, 0.29) is 18.8 Å². The Balaban J connectivity index is 1.59. The number of guanidine groups is 1. The number of nitrogens with one attached hydrogen (secondary N) is 2. The van der Waals surface area contributed by atoms with E-state index in [0.717, 1.165) is 23.2 Å². The fraction of sp³-hybridized carbons (Fsp3) is 0.450. The lowest BCUT2D eigenvalue weighted by molar-refractivity contribution is 0.0677. The Morgan fingerprint density at radius 2 is 2.10 bits per heavy atom. The predicted octanol–water partition coefficient (Wildman–Crippen LogP) is 1.90. The number of fused-ring (bicyclic) bond motifs is 1. The summed E-state index contributed by atoms with van der Waals surface area (Å²) in [6, 6.07) is 9.49. The molecule has 1 atom stereocenters. The van der Waals surface area contributed by atoms with Gasteiger partial charge in [-0.2, -0.15) is 11.3 Å². The number of nitrogens with zero attached hydrogens (tertiary/aromatic N) is 2. The number of thiophene rings is 1. The van der Waals surface area contributed by atoms with Crippen LogP contribution in [0.5, 0.6) is 0 Å². The number of aliphatic hydroxyl groups is 1. The van der Waals surface area contributed by atoms with Crippen LogP contribution in [-0.4, -0.2) is 51.4 Å². The van der Waals surface area contributed by atoms with E-state index in [0.29, 0.717) is 19.0 Å². The number of rotatable bonds is 8. The quantitative estimate of drug-likeness (QED) is 0.434. The zero-order chi connectivity index (χ0) is 20.9. The van der Waals surface area contributed by atoms with Crippen LogP contribution in [0.4, 0.5) is 5.69 Å². The molecule has 0 radical (unpaired) electrons. The lowest BCUT2D eigenvalue weighted by Crippen LogP contribution is -2.42. The Morgan fingerprint density at radius 1 is 1.31 bits per heavy atom. The monoisotopic (exact) mass is 436 g/mol. The van der Waals surface area contributed by atoms with Crippen molar-refractivity contribution in [2.75, 3.05) is 36.2 Å². The summed E-state index contributed by atoms with van der Waals surface area (Å²) in [5.74, 6) is 0.451. The van der Waals surface area contributed by atoms with Gasteiger partial charge >= 0.3 is 0 Å². The van der Waals surface area contributed by atoms with Crippen molar-refractivity contribution in [3.8, 4) is 0 Å². The maximum Gasteiger partial charge on any atom is 0.236 e. The van der Waals surface area contributed by atoms with Crippen molar-refractivity contribution >= 4 is 33.0 Å². The minimum absolute atomic E-state index is 0.0350. The number of hydrogen-bond acceptors (Lipinski definition) is 5. The van der Waals surface area contributed by atoms with E-state index in [1.54, 1.807) is 6.92 Å². The third-order valence-electron chi connectivity index (χ3n) is 4.87. The van der Waals surface area contributed by atoms with Crippen LogP contribution in [0.25, 0.3) is 0 Å². The van der Waals surface area contributed by atoms with Gasteiger partial charge in [0.2, 0.25) is 10.0 Å². The number of anilines is 1. The Morgan fingerprint density at radius 3 is 2.83 bits per heavy atom. The highest BCUT2D eigenvalue weighted by molar-refractivity contribution is 7.92. The van der Waals surface area contributed by atoms with Gasteiger partial charge in [-0.1, -0.05) is 18.2 Å². The number of benzene rings is 1. The molecule has 9 heteroatoms. The van der Waals surface area contributed by atoms with Crippen LogP contribution in [0.2, 0.25) is 0 Å². The maximum absolute atomic E-state index is 12.8. The molecule has 0 bridgehead atoms. The zero-order valence-electron chi connectivity index (χ0n) is 16.8. The van der Waals surface area contributed by atoms with Gasteiger partial charge in [0.15, 0.2) is 5.96 Å². The van der Waals surface area contributed by atoms with Crippen LogP contribution >= 0.6 is 11.3 Å². The first-order valence-corrected chi connectivity index (χ1v) is 12.2. The standard InChI is InChI=1S/C20H28N4O3S2/c1-3-21-19(23-15-20(2,25)17-9-12-28-14-17)22-10-13-29(26,27)24-11-8-16-6-4-5-7-18(16)24/h4-7,9,12,14,25H,3,8,10-11,13,15H2,1-2H3,(H2,21,22,23). The first kappa shape index (κ1) is 21.6. The molecule has 1 unspecified atom stereocenters. The normalized spacial score (nSPS) is 16.4. The largest absolute Gasteiger partial charge is 0.383 e. The van der Waals surface area contributed by atoms with Crippen LogP contribution in [0.3, 0.4) is 0 Å². The van der Waals surface area contributed by atoms with Gasteiger partial charge in [-0.3, -0.25) is 4.31 Å². The third kappa shape index (κ3) is 5.29. The molecule has 1 aromatic heterocycles. The third-order valence-corrected chi connectivity index (χ3v) is 7.32. The van der Waals surface area contributed by atoms with Gasteiger partial charge in [-0.25, -0.2) is 13.4 Å². The highest BCUT2D eigenvalue weighted by atomic mass is 32.2. The smallest absolute Gasteiger partial charge is 0.236 e. The van der Waals surface area contributed by atoms with Crippen molar-refractivity contribution in [2.45, 2.75) is 25.9 Å². The lowest BCUT2D eigenvalue weighted by Gasteiger charge is -2.22. The molecule has 158 valence electrons. The van der Waals surface area contributed by atoms with Gasteiger partial charge in [0.05, 0.1) is 18.0 Å². The van der Waals surface area contributed by atoms with Crippen molar-refractivity contribution in [3.05, 3.63) is 52.2 Å². The molecule has 7 nitrogen and oxygen atoms in total. The van der Waals surface area contributed by atoms with E-state index in [1.807, 2.05) is 48.0 Å². The van der Waals surface area contributed by atoms with Gasteiger partial charge in [0.1, 0.15) is 5.60 Å². The van der Waals surface area contributed by atoms with Gasteiger partial charge in [0, 0.05) is 19.6 Å². The number of sulfonamides is 1. The SMILES string of the molecule is CCNC(=NCC(C)(O)c1ccsc1)NCCS(=O)(=O)N1CCc2ccccc21. The summed E-state index contributed by atoms with van der Waals surface area (Å²) in [6.45, 7) is 5.18. The van der Waals surface area contributed by atoms with Crippen LogP contribution in [0.15, 0.2) is 46.1 Å². The molecule has 1 aliphatic heterocycles. The molecular weight excluding hydrogens is 408 g/mol. The minimum Gasteiger partial charge on any atom is -0.383 e. The summed E-state index contributed by atoms with van der Waals surface area (Å²) in [4.78, 5) is 4.43. The van der Waals surface area contributed by atoms with Crippen LogP contribution in [-0.2, 0) is 22.0 Å². The number of aliphatic imine (C=N–C) groups is 1. The summed E-state index contributed by atoms with van der Waals surface area (Å²) in [5.41, 5.74) is 1.58. The second kappa shape index (κ2) is 9.15. The van der Waals surface area contributed by atoms with E-state index in [4.69, 9.17) is 0 Å². The highest BCUT2D eigenvalue weighted by Gasteiger charge is 2.28. The van der Waals surface area contributed by atoms with Crippen LogP contribution in [0, 0.1) is 0 Å². The van der Waals surface area contributed by atoms with Crippen LogP contribution < -0.4 is 14.9 Å². The molecule has 0 spiro atoms. The first-order valence-electron chi connectivity index (χ1n) is 9.69. The molecule has 0 amide bonds. The maximum atomic E-state index is 12.8. The first-order chi connectivity index (χ1) is 13.8. The van der Waals surface area contributed by atoms with Gasteiger partial charge in [-0.05, 0) is 54.3 Å². The molecule has 1 aromatic carbocycles. The van der Waals surface area contributed by atoms with Gasteiger partial charge < -0.3 is 15.7 Å². The number of hydrogen-bond donors (Lipinski definition) is 3.